The van der Waals surface area contributed by atoms with Crippen LogP contribution in [-0.2, 0) is 6.42 Å². The lowest BCUT2D eigenvalue weighted by Gasteiger charge is -2.08. The maximum absolute atomic E-state index is 4.46. The average molecular weight is 307 g/mol. The van der Waals surface area contributed by atoms with Gasteiger partial charge in [-0.1, -0.05) is 12.1 Å². The fraction of sp³-hybridized carbons (Fsp3) is 0.231. The minimum absolute atomic E-state index is 0.808. The topological polar surface area (TPSA) is 49.8 Å². The quantitative estimate of drug-likeness (QED) is 0.892. The van der Waals surface area contributed by atoms with Gasteiger partial charge in [0, 0.05) is 23.6 Å². The highest BCUT2D eigenvalue weighted by atomic mass is 79.9. The average Bonchev–Trinajstić information content (AvgIpc) is 2.40. The molecule has 0 unspecified atom stereocenters. The number of halogens is 1. The van der Waals surface area contributed by atoms with Gasteiger partial charge in [-0.15, -0.1) is 0 Å². The Balaban J connectivity index is 2.12. The Morgan fingerprint density at radius 3 is 2.83 bits per heavy atom. The van der Waals surface area contributed by atoms with E-state index >= 15 is 0 Å². The number of benzene rings is 1. The molecule has 94 valence electrons. The van der Waals surface area contributed by atoms with E-state index in [0.717, 1.165) is 34.8 Å². The number of nitrogens with one attached hydrogen (secondary N) is 2. The summed E-state index contributed by atoms with van der Waals surface area (Å²) in [5, 5.41) is 6.36. The van der Waals surface area contributed by atoms with Gasteiger partial charge in [0.15, 0.2) is 0 Å². The van der Waals surface area contributed by atoms with Crippen LogP contribution in [0.5, 0.6) is 0 Å². The molecule has 2 aromatic rings. The number of aromatic nitrogens is 2. The van der Waals surface area contributed by atoms with Crippen LogP contribution in [0, 0.1) is 0 Å². The molecule has 0 bridgehead atoms. The summed E-state index contributed by atoms with van der Waals surface area (Å²) < 4.78 is 1.01. The molecule has 2 N–H and O–H groups in total. The molecule has 0 aliphatic carbocycles. The van der Waals surface area contributed by atoms with Crippen LogP contribution in [0.15, 0.2) is 41.0 Å². The monoisotopic (exact) mass is 306 g/mol. The number of anilines is 2. The largest absolute Gasteiger partial charge is 0.339 e. The second kappa shape index (κ2) is 6.47. The highest BCUT2D eigenvalue weighted by Crippen LogP contribution is 2.24. The van der Waals surface area contributed by atoms with E-state index in [1.165, 1.54) is 0 Å². The zero-order chi connectivity index (χ0) is 12.8. The first-order valence-corrected chi connectivity index (χ1v) is 6.57. The number of hydrogen-bond donors (Lipinski definition) is 2. The van der Waals surface area contributed by atoms with Crippen molar-refractivity contribution in [3.05, 3.63) is 46.8 Å². The molecule has 0 fully saturated rings. The lowest BCUT2D eigenvalue weighted by atomic mass is 10.3. The van der Waals surface area contributed by atoms with Crippen LogP contribution in [0.3, 0.4) is 0 Å². The van der Waals surface area contributed by atoms with E-state index in [0.29, 0.717) is 0 Å². The summed E-state index contributed by atoms with van der Waals surface area (Å²) in [6.07, 6.45) is 2.60. The molecule has 0 atom stereocenters. The number of likely N-dealkylation sites (N-methyl/N-ethyl adjacent to an activating group) is 1. The standard InChI is InChI=1S/C13H15BrN4/c1-15-8-6-12-16-9-7-13(18-12)17-11-5-3-2-4-10(11)14/h2-5,7,9,15H,6,8H2,1H3,(H,16,17,18). The van der Waals surface area contributed by atoms with Crippen molar-refractivity contribution in [1.29, 1.82) is 0 Å². The molecule has 1 aromatic heterocycles. The van der Waals surface area contributed by atoms with Gasteiger partial charge in [0.05, 0.1) is 5.69 Å². The summed E-state index contributed by atoms with van der Waals surface area (Å²) in [7, 11) is 1.92. The second-order valence-electron chi connectivity index (χ2n) is 3.82. The Labute approximate surface area is 115 Å². The maximum Gasteiger partial charge on any atom is 0.134 e. The molecule has 0 amide bonds. The molecular formula is C13H15BrN4. The van der Waals surface area contributed by atoms with Crippen molar-refractivity contribution in [2.45, 2.75) is 6.42 Å². The molecule has 0 saturated carbocycles. The Hall–Kier alpha value is -1.46. The summed E-state index contributed by atoms with van der Waals surface area (Å²) in [5.74, 6) is 1.64. The van der Waals surface area contributed by atoms with Gasteiger partial charge in [-0.25, -0.2) is 9.97 Å². The summed E-state index contributed by atoms with van der Waals surface area (Å²) in [4.78, 5) is 8.70. The van der Waals surface area contributed by atoms with Crippen molar-refractivity contribution in [2.75, 3.05) is 18.9 Å². The molecule has 5 heteroatoms. The molecule has 1 aromatic carbocycles. The van der Waals surface area contributed by atoms with Gasteiger partial charge in [0.25, 0.3) is 0 Å². The first-order chi connectivity index (χ1) is 8.79. The predicted molar refractivity (Wildman–Crippen MR) is 77.1 cm³/mol. The summed E-state index contributed by atoms with van der Waals surface area (Å²) in [5.41, 5.74) is 0.996. The zero-order valence-corrected chi connectivity index (χ0v) is 11.7. The first kappa shape index (κ1) is 13.0. The van der Waals surface area contributed by atoms with E-state index in [9.17, 15) is 0 Å². The molecule has 0 aliphatic rings. The van der Waals surface area contributed by atoms with E-state index in [1.54, 1.807) is 6.20 Å². The van der Waals surface area contributed by atoms with Crippen molar-refractivity contribution in [1.82, 2.24) is 15.3 Å². The molecule has 0 radical (unpaired) electrons. The van der Waals surface area contributed by atoms with E-state index in [4.69, 9.17) is 0 Å². The molecule has 0 saturated heterocycles. The SMILES string of the molecule is CNCCc1nccc(Nc2ccccc2Br)n1. The van der Waals surface area contributed by atoms with Gasteiger partial charge in [-0.3, -0.25) is 0 Å². The third kappa shape index (κ3) is 3.51. The Bertz CT molecular complexity index is 516. The lowest BCUT2D eigenvalue weighted by Crippen LogP contribution is -2.12. The van der Waals surface area contributed by atoms with Crippen LogP contribution < -0.4 is 10.6 Å². The van der Waals surface area contributed by atoms with Crippen LogP contribution >= 0.6 is 15.9 Å². The van der Waals surface area contributed by atoms with Crippen molar-refractivity contribution < 1.29 is 0 Å². The van der Waals surface area contributed by atoms with Crippen LogP contribution in [-0.4, -0.2) is 23.6 Å². The molecule has 0 aliphatic heterocycles. The third-order valence-electron chi connectivity index (χ3n) is 2.44. The zero-order valence-electron chi connectivity index (χ0n) is 10.2. The Morgan fingerprint density at radius 1 is 1.22 bits per heavy atom. The highest BCUT2D eigenvalue weighted by Gasteiger charge is 2.02. The Kier molecular flexibility index (Phi) is 4.66. The van der Waals surface area contributed by atoms with Gasteiger partial charge >= 0.3 is 0 Å². The van der Waals surface area contributed by atoms with Crippen molar-refractivity contribution in [2.24, 2.45) is 0 Å². The van der Waals surface area contributed by atoms with E-state index < -0.39 is 0 Å². The molecule has 0 spiro atoms. The van der Waals surface area contributed by atoms with Gasteiger partial charge in [0.1, 0.15) is 11.6 Å². The minimum atomic E-state index is 0.808. The van der Waals surface area contributed by atoms with Crippen LogP contribution in [0.2, 0.25) is 0 Å². The van der Waals surface area contributed by atoms with Crippen LogP contribution in [0.25, 0.3) is 0 Å². The fourth-order valence-corrected chi connectivity index (χ4v) is 1.91. The Morgan fingerprint density at radius 2 is 2.06 bits per heavy atom. The van der Waals surface area contributed by atoms with E-state index in [1.807, 2.05) is 37.4 Å². The fourth-order valence-electron chi connectivity index (χ4n) is 1.53. The van der Waals surface area contributed by atoms with E-state index in [-0.39, 0.29) is 0 Å². The van der Waals surface area contributed by atoms with Gasteiger partial charge < -0.3 is 10.6 Å². The first-order valence-electron chi connectivity index (χ1n) is 5.77. The second-order valence-corrected chi connectivity index (χ2v) is 4.67. The molecule has 1 heterocycles. The lowest BCUT2D eigenvalue weighted by molar-refractivity contribution is 0.756. The van der Waals surface area contributed by atoms with Crippen molar-refractivity contribution in [3.8, 4) is 0 Å². The van der Waals surface area contributed by atoms with Gasteiger partial charge in [-0.2, -0.15) is 0 Å². The van der Waals surface area contributed by atoms with Crippen molar-refractivity contribution >= 4 is 27.4 Å². The van der Waals surface area contributed by atoms with Gasteiger partial charge in [-0.05, 0) is 41.2 Å². The van der Waals surface area contributed by atoms with E-state index in [2.05, 4.69) is 36.5 Å². The molecule has 2 rings (SSSR count). The normalized spacial score (nSPS) is 10.3. The van der Waals surface area contributed by atoms with Crippen LogP contribution in [0.1, 0.15) is 5.82 Å². The van der Waals surface area contributed by atoms with Crippen molar-refractivity contribution in [3.63, 3.8) is 0 Å². The summed E-state index contributed by atoms with van der Waals surface area (Å²) in [6, 6.07) is 9.82. The number of rotatable bonds is 5. The third-order valence-corrected chi connectivity index (χ3v) is 3.13. The molecule has 18 heavy (non-hydrogen) atoms. The smallest absolute Gasteiger partial charge is 0.134 e. The highest BCUT2D eigenvalue weighted by molar-refractivity contribution is 9.10. The van der Waals surface area contributed by atoms with Gasteiger partial charge in [0.2, 0.25) is 0 Å². The van der Waals surface area contributed by atoms with Crippen LogP contribution in [0.4, 0.5) is 11.5 Å². The predicted octanol–water partition coefficient (Wildman–Crippen LogP) is 2.74. The maximum atomic E-state index is 4.46. The number of para-hydroxylation sites is 1. The molecular weight excluding hydrogens is 292 g/mol. The minimum Gasteiger partial charge on any atom is -0.339 e. The summed E-state index contributed by atoms with van der Waals surface area (Å²) >= 11 is 3.50. The number of nitrogens with zero attached hydrogens (tertiary/aromatic N) is 2. The summed E-state index contributed by atoms with van der Waals surface area (Å²) in [6.45, 7) is 0.873. The molecule has 4 nitrogen and oxygen atoms in total. The number of hydrogen-bond acceptors (Lipinski definition) is 4.